The molecule has 0 spiro atoms. The topological polar surface area (TPSA) is 45.5 Å². The summed E-state index contributed by atoms with van der Waals surface area (Å²) in [7, 11) is -1.48. The Labute approximate surface area is 149 Å². The minimum atomic E-state index is -1.06. The minimum Gasteiger partial charge on any atom is -0.399 e. The second-order valence-corrected chi connectivity index (χ2v) is 14.7. The number of ether oxygens (including phenoxy) is 1. The molecule has 0 amide bonds. The molecular weight excluding hydrogens is 375 g/mol. The van der Waals surface area contributed by atoms with Gasteiger partial charge in [-0.15, -0.1) is 0 Å². The van der Waals surface area contributed by atoms with Crippen LogP contribution in [0.15, 0.2) is 10.8 Å². The maximum absolute atomic E-state index is 6.07. The van der Waals surface area contributed by atoms with E-state index in [4.69, 9.17) is 14.0 Å². The van der Waals surface area contributed by atoms with E-state index in [9.17, 15) is 0 Å². The average Bonchev–Trinajstić information content (AvgIpc) is 2.82. The number of aromatic nitrogens is 2. The number of hydrogen-bond donors (Lipinski definition) is 0. The molecule has 0 bridgehead atoms. The Balaban J connectivity index is 1.98. The fourth-order valence-electron chi connectivity index (χ4n) is 2.13. The second-order valence-electron chi connectivity index (χ2n) is 8.33. The van der Waals surface area contributed by atoms with Crippen molar-refractivity contribution in [2.24, 2.45) is 0 Å². The molecule has 2 rings (SSSR count). The third-order valence-electron chi connectivity index (χ3n) is 4.52. The van der Waals surface area contributed by atoms with Crippen LogP contribution in [-0.4, -0.2) is 42.8 Å². The predicted octanol–water partition coefficient (Wildman–Crippen LogP) is 3.26. The molecule has 1 aliphatic heterocycles. The van der Waals surface area contributed by atoms with Crippen LogP contribution in [0.2, 0.25) is 25.7 Å². The summed E-state index contributed by atoms with van der Waals surface area (Å²) in [6, 6.07) is 1.15. The zero-order valence-corrected chi connectivity index (χ0v) is 17.9. The van der Waals surface area contributed by atoms with Gasteiger partial charge < -0.3 is 14.0 Å². The molecule has 1 aliphatic rings. The van der Waals surface area contributed by atoms with Gasteiger partial charge in [-0.25, -0.2) is 4.68 Å². The highest BCUT2D eigenvalue weighted by atomic mass is 79.9. The Morgan fingerprint density at radius 3 is 2.30 bits per heavy atom. The van der Waals surface area contributed by atoms with Crippen molar-refractivity contribution >= 4 is 36.6 Å². The maximum Gasteiger partial charge on any atom is 0.499 e. The Kier molecular flexibility index (Phi) is 5.53. The molecule has 23 heavy (non-hydrogen) atoms. The van der Waals surface area contributed by atoms with E-state index in [2.05, 4.69) is 40.7 Å². The van der Waals surface area contributed by atoms with Crippen molar-refractivity contribution in [3.63, 3.8) is 0 Å². The van der Waals surface area contributed by atoms with Crippen molar-refractivity contribution in [1.29, 1.82) is 0 Å². The van der Waals surface area contributed by atoms with E-state index in [-0.39, 0.29) is 11.2 Å². The molecule has 1 saturated heterocycles. The highest BCUT2D eigenvalue weighted by molar-refractivity contribution is 9.10. The number of rotatable bonds is 6. The summed E-state index contributed by atoms with van der Waals surface area (Å²) < 4.78 is 20.6. The summed E-state index contributed by atoms with van der Waals surface area (Å²) in [5.41, 5.74) is 0.192. The Bertz CT molecular complexity index is 541. The van der Waals surface area contributed by atoms with Crippen LogP contribution < -0.4 is 5.46 Å². The lowest BCUT2D eigenvalue weighted by atomic mass is 9.82. The maximum atomic E-state index is 6.07. The molecule has 0 atom stereocenters. The number of hydrogen-bond acceptors (Lipinski definition) is 4. The molecule has 130 valence electrons. The smallest absolute Gasteiger partial charge is 0.399 e. The molecule has 0 radical (unpaired) electrons. The van der Waals surface area contributed by atoms with Gasteiger partial charge in [-0.05, 0) is 49.7 Å². The van der Waals surface area contributed by atoms with E-state index < -0.39 is 15.2 Å². The molecule has 1 fully saturated rings. The molecule has 0 unspecified atom stereocenters. The first-order valence-electron chi connectivity index (χ1n) is 8.07. The van der Waals surface area contributed by atoms with E-state index in [0.29, 0.717) is 6.73 Å². The zero-order chi connectivity index (χ0) is 17.5. The summed E-state index contributed by atoms with van der Waals surface area (Å²) >= 11 is 3.60. The van der Waals surface area contributed by atoms with E-state index in [1.807, 2.05) is 27.7 Å². The van der Waals surface area contributed by atoms with Crippen LogP contribution >= 0.6 is 15.9 Å². The van der Waals surface area contributed by atoms with Crippen molar-refractivity contribution in [2.75, 3.05) is 6.61 Å². The first kappa shape index (κ1) is 19.2. The lowest BCUT2D eigenvalue weighted by molar-refractivity contribution is 0.00578. The monoisotopic (exact) mass is 402 g/mol. The van der Waals surface area contributed by atoms with Crippen molar-refractivity contribution in [3.8, 4) is 0 Å². The van der Waals surface area contributed by atoms with Gasteiger partial charge in [0.05, 0.1) is 17.4 Å². The van der Waals surface area contributed by atoms with Crippen LogP contribution in [0, 0.1) is 0 Å². The van der Waals surface area contributed by atoms with Gasteiger partial charge in [0.1, 0.15) is 11.3 Å². The molecule has 1 aromatic rings. The van der Waals surface area contributed by atoms with Crippen molar-refractivity contribution < 1.29 is 14.0 Å². The summed E-state index contributed by atoms with van der Waals surface area (Å²) in [6.07, 6.45) is 1.79. The van der Waals surface area contributed by atoms with Crippen molar-refractivity contribution in [1.82, 2.24) is 9.78 Å². The molecule has 8 heteroatoms. The molecule has 1 aromatic heterocycles. The zero-order valence-electron chi connectivity index (χ0n) is 15.3. The van der Waals surface area contributed by atoms with Gasteiger partial charge in [-0.1, -0.05) is 19.6 Å². The van der Waals surface area contributed by atoms with Crippen LogP contribution in [0.5, 0.6) is 0 Å². The molecule has 0 aliphatic carbocycles. The first-order chi connectivity index (χ1) is 10.4. The highest BCUT2D eigenvalue weighted by Gasteiger charge is 2.52. The largest absolute Gasteiger partial charge is 0.499 e. The standard InChI is InChI=1S/C15H28BBrN2O3Si/c1-14(2)15(3,4)22-16(21-14)12-10-18-19(13(12)17)11-20-8-9-23(5,6)7/h10H,8-9,11H2,1-7H3. The molecule has 0 N–H and O–H groups in total. The fourth-order valence-corrected chi connectivity index (χ4v) is 3.37. The molecule has 0 aromatic carbocycles. The van der Waals surface area contributed by atoms with Gasteiger partial charge >= 0.3 is 7.12 Å². The van der Waals surface area contributed by atoms with Crippen molar-refractivity contribution in [2.45, 2.75) is 71.3 Å². The Hall–Kier alpha value is -0.148. The molecule has 5 nitrogen and oxygen atoms in total. The van der Waals surface area contributed by atoms with Crippen molar-refractivity contribution in [3.05, 3.63) is 10.8 Å². The Morgan fingerprint density at radius 1 is 1.22 bits per heavy atom. The van der Waals surface area contributed by atoms with Gasteiger partial charge in [-0.2, -0.15) is 5.10 Å². The SMILES string of the molecule is CC1(C)OB(c2cnn(COCC[Si](C)(C)C)c2Br)OC1(C)C. The summed E-state index contributed by atoms with van der Waals surface area (Å²) in [4.78, 5) is 0. The van der Waals surface area contributed by atoms with Gasteiger partial charge in [0, 0.05) is 20.1 Å². The molecule has 2 heterocycles. The van der Waals surface area contributed by atoms with Crippen LogP contribution in [0.1, 0.15) is 27.7 Å². The van der Waals surface area contributed by atoms with E-state index in [1.54, 1.807) is 10.9 Å². The Morgan fingerprint density at radius 2 is 1.78 bits per heavy atom. The van der Waals surface area contributed by atoms with Gasteiger partial charge in [-0.3, -0.25) is 0 Å². The van der Waals surface area contributed by atoms with Gasteiger partial charge in [0.25, 0.3) is 0 Å². The average molecular weight is 403 g/mol. The lowest BCUT2D eigenvalue weighted by Crippen LogP contribution is -2.41. The normalized spacial score (nSPS) is 20.3. The van der Waals surface area contributed by atoms with Crippen LogP contribution in [0.3, 0.4) is 0 Å². The number of halogens is 1. The van der Waals surface area contributed by atoms with E-state index in [1.165, 1.54) is 0 Å². The first-order valence-corrected chi connectivity index (χ1v) is 12.6. The summed E-state index contributed by atoms with van der Waals surface area (Å²) in [6.45, 7) is 16.4. The van der Waals surface area contributed by atoms with Crippen LogP contribution in [0.25, 0.3) is 0 Å². The predicted molar refractivity (Wildman–Crippen MR) is 99.7 cm³/mol. The lowest BCUT2D eigenvalue weighted by Gasteiger charge is -2.32. The molecule has 0 saturated carbocycles. The summed E-state index contributed by atoms with van der Waals surface area (Å²) in [5.74, 6) is 0. The third-order valence-corrected chi connectivity index (χ3v) is 7.09. The van der Waals surface area contributed by atoms with Crippen LogP contribution in [0.4, 0.5) is 0 Å². The minimum absolute atomic E-state index is 0.354. The van der Waals surface area contributed by atoms with Gasteiger partial charge in [0.2, 0.25) is 0 Å². The third kappa shape index (κ3) is 4.48. The number of nitrogens with zero attached hydrogens (tertiary/aromatic N) is 2. The molecular formula is C15H28BBrN2O3Si. The highest BCUT2D eigenvalue weighted by Crippen LogP contribution is 2.36. The van der Waals surface area contributed by atoms with E-state index >= 15 is 0 Å². The van der Waals surface area contributed by atoms with Crippen LogP contribution in [-0.2, 0) is 20.8 Å². The quantitative estimate of drug-likeness (QED) is 0.541. The van der Waals surface area contributed by atoms with E-state index in [0.717, 1.165) is 22.7 Å². The summed E-state index contributed by atoms with van der Waals surface area (Å²) in [5, 5.41) is 4.39. The van der Waals surface area contributed by atoms with Gasteiger partial charge in [0.15, 0.2) is 0 Å². The second kappa shape index (κ2) is 6.63. The fraction of sp³-hybridized carbons (Fsp3) is 0.800.